The molecule has 0 heterocycles. The number of hydrogen-bond acceptors (Lipinski definition) is 3. The third kappa shape index (κ3) is 5.28. The fourth-order valence-electron chi connectivity index (χ4n) is 3.12. The molecule has 3 nitrogen and oxygen atoms in total. The minimum atomic E-state index is -3.50. The van der Waals surface area contributed by atoms with Crippen LogP contribution >= 0.6 is 10.7 Å². The van der Waals surface area contributed by atoms with Crippen LogP contribution in [0.25, 0.3) is 0 Å². The van der Waals surface area contributed by atoms with E-state index in [0.717, 1.165) is 31.2 Å². The number of rotatable bonds is 6. The van der Waals surface area contributed by atoms with Crippen LogP contribution in [0.2, 0.25) is 0 Å². The van der Waals surface area contributed by atoms with E-state index in [0.29, 0.717) is 6.61 Å². The van der Waals surface area contributed by atoms with Crippen molar-refractivity contribution in [3.63, 3.8) is 0 Å². The first-order valence-electron chi connectivity index (χ1n) is 7.49. The van der Waals surface area contributed by atoms with E-state index in [-0.39, 0.29) is 17.3 Å². The van der Waals surface area contributed by atoms with E-state index < -0.39 is 9.05 Å². The Morgan fingerprint density at radius 2 is 1.81 bits per heavy atom. The van der Waals surface area contributed by atoms with Crippen molar-refractivity contribution < 1.29 is 13.2 Å². The van der Waals surface area contributed by atoms with Crippen LogP contribution in [0.4, 0.5) is 0 Å². The first-order chi connectivity index (χ1) is 9.90. The zero-order valence-corrected chi connectivity index (χ0v) is 14.0. The summed E-state index contributed by atoms with van der Waals surface area (Å²) in [5.41, 5.74) is 0.791. The van der Waals surface area contributed by atoms with Crippen LogP contribution in [0, 0.1) is 5.41 Å². The van der Waals surface area contributed by atoms with Gasteiger partial charge in [-0.3, -0.25) is 0 Å². The summed E-state index contributed by atoms with van der Waals surface area (Å²) in [5.74, 6) is 0.0169. The topological polar surface area (TPSA) is 43.4 Å². The van der Waals surface area contributed by atoms with E-state index in [2.05, 4.69) is 0 Å². The standard InChI is InChI=1S/C16H23ClO3S/c1-14(15-8-4-2-5-9-15)20-12-16(13-21(17,18)19)10-6-3-7-11-16/h2,4-5,8-9,14H,3,6-7,10-13H2,1H3. The third-order valence-electron chi connectivity index (χ3n) is 4.30. The molecule has 1 unspecified atom stereocenters. The van der Waals surface area contributed by atoms with Gasteiger partial charge in [0.25, 0.3) is 0 Å². The van der Waals surface area contributed by atoms with Crippen molar-refractivity contribution in [3.05, 3.63) is 35.9 Å². The normalized spacial score (nSPS) is 20.1. The van der Waals surface area contributed by atoms with Crippen molar-refractivity contribution in [2.45, 2.75) is 45.1 Å². The van der Waals surface area contributed by atoms with Crippen LogP contribution in [0.15, 0.2) is 30.3 Å². The summed E-state index contributed by atoms with van der Waals surface area (Å²) in [6.45, 7) is 2.45. The van der Waals surface area contributed by atoms with Crippen LogP contribution in [-0.4, -0.2) is 20.8 Å². The van der Waals surface area contributed by atoms with Gasteiger partial charge in [-0.1, -0.05) is 49.6 Å². The van der Waals surface area contributed by atoms with Gasteiger partial charge in [-0.05, 0) is 25.3 Å². The molecule has 0 N–H and O–H groups in total. The van der Waals surface area contributed by atoms with Gasteiger partial charge in [0.05, 0.1) is 18.5 Å². The zero-order valence-electron chi connectivity index (χ0n) is 12.4. The Hall–Kier alpha value is -0.580. The molecule has 5 heteroatoms. The summed E-state index contributed by atoms with van der Waals surface area (Å²) < 4.78 is 29.1. The van der Waals surface area contributed by atoms with Crippen LogP contribution in [0.5, 0.6) is 0 Å². The Labute approximate surface area is 132 Å². The lowest BCUT2D eigenvalue weighted by Gasteiger charge is -2.36. The molecule has 1 aromatic rings. The molecule has 2 rings (SSSR count). The van der Waals surface area contributed by atoms with Gasteiger partial charge >= 0.3 is 0 Å². The Kier molecular flexibility index (Phi) is 5.69. The van der Waals surface area contributed by atoms with Crippen LogP contribution in [-0.2, 0) is 13.8 Å². The molecule has 0 spiro atoms. The lowest BCUT2D eigenvalue weighted by atomic mass is 9.76. The quantitative estimate of drug-likeness (QED) is 0.731. The second kappa shape index (κ2) is 7.12. The van der Waals surface area contributed by atoms with Crippen molar-refractivity contribution in [1.82, 2.24) is 0 Å². The van der Waals surface area contributed by atoms with Gasteiger partial charge < -0.3 is 4.74 Å². The molecule has 1 saturated carbocycles. The van der Waals surface area contributed by atoms with Gasteiger partial charge in [-0.15, -0.1) is 0 Å². The van der Waals surface area contributed by atoms with Crippen molar-refractivity contribution in [2.75, 3.05) is 12.4 Å². The van der Waals surface area contributed by atoms with E-state index in [1.54, 1.807) is 0 Å². The first kappa shape index (κ1) is 16.8. The SMILES string of the molecule is CC(OCC1(CS(=O)(=O)Cl)CCCCC1)c1ccccc1. The monoisotopic (exact) mass is 330 g/mol. The van der Waals surface area contributed by atoms with Gasteiger partial charge in [-0.25, -0.2) is 8.42 Å². The summed E-state index contributed by atoms with van der Waals surface area (Å²) >= 11 is 0. The molecule has 0 amide bonds. The van der Waals surface area contributed by atoms with E-state index >= 15 is 0 Å². The molecular weight excluding hydrogens is 308 g/mol. The number of benzene rings is 1. The molecule has 118 valence electrons. The Bertz CT molecular complexity index is 536. The van der Waals surface area contributed by atoms with Crippen molar-refractivity contribution in [1.29, 1.82) is 0 Å². The molecule has 1 aliphatic carbocycles. The van der Waals surface area contributed by atoms with Gasteiger partial charge in [-0.2, -0.15) is 0 Å². The van der Waals surface area contributed by atoms with Gasteiger partial charge in [0, 0.05) is 16.1 Å². The fourth-order valence-corrected chi connectivity index (χ4v) is 4.92. The maximum Gasteiger partial charge on any atom is 0.233 e. The average molecular weight is 331 g/mol. The highest BCUT2D eigenvalue weighted by Crippen LogP contribution is 2.39. The highest BCUT2D eigenvalue weighted by molar-refractivity contribution is 8.13. The minimum Gasteiger partial charge on any atom is -0.373 e. The molecule has 1 aromatic carbocycles. The second-order valence-corrected chi connectivity index (χ2v) is 8.88. The highest BCUT2D eigenvalue weighted by atomic mass is 35.7. The molecular formula is C16H23ClO3S. The summed E-state index contributed by atoms with van der Waals surface area (Å²) in [4.78, 5) is 0. The predicted molar refractivity (Wildman–Crippen MR) is 86.0 cm³/mol. The summed E-state index contributed by atoms with van der Waals surface area (Å²) in [6, 6.07) is 9.98. The van der Waals surface area contributed by atoms with E-state index in [1.165, 1.54) is 6.42 Å². The van der Waals surface area contributed by atoms with Gasteiger partial charge in [0.2, 0.25) is 9.05 Å². The van der Waals surface area contributed by atoms with E-state index in [4.69, 9.17) is 15.4 Å². The molecule has 21 heavy (non-hydrogen) atoms. The second-order valence-electron chi connectivity index (χ2n) is 6.11. The number of hydrogen-bond donors (Lipinski definition) is 0. The van der Waals surface area contributed by atoms with E-state index in [9.17, 15) is 8.42 Å². The van der Waals surface area contributed by atoms with Crippen LogP contribution < -0.4 is 0 Å². The molecule has 0 aromatic heterocycles. The number of halogens is 1. The maximum atomic E-state index is 11.5. The molecule has 1 atom stereocenters. The lowest BCUT2D eigenvalue weighted by molar-refractivity contribution is -0.00905. The summed E-state index contributed by atoms with van der Waals surface area (Å²) in [6.07, 6.45) is 4.98. The molecule has 1 aliphatic rings. The van der Waals surface area contributed by atoms with Crippen LogP contribution in [0.1, 0.15) is 50.7 Å². The molecule has 1 fully saturated rings. The van der Waals surface area contributed by atoms with Gasteiger partial charge in [0.1, 0.15) is 0 Å². The molecule has 0 saturated heterocycles. The molecule has 0 radical (unpaired) electrons. The zero-order chi connectivity index (χ0) is 15.3. The largest absolute Gasteiger partial charge is 0.373 e. The third-order valence-corrected chi connectivity index (χ3v) is 5.59. The smallest absolute Gasteiger partial charge is 0.233 e. The van der Waals surface area contributed by atoms with E-state index in [1.807, 2.05) is 37.3 Å². The Morgan fingerprint density at radius 1 is 1.19 bits per heavy atom. The predicted octanol–water partition coefficient (Wildman–Crippen LogP) is 4.28. The Morgan fingerprint density at radius 3 is 2.38 bits per heavy atom. The lowest BCUT2D eigenvalue weighted by Crippen LogP contribution is -2.36. The van der Waals surface area contributed by atoms with Crippen LogP contribution in [0.3, 0.4) is 0 Å². The Balaban J connectivity index is 2.02. The molecule has 0 bridgehead atoms. The summed E-state index contributed by atoms with van der Waals surface area (Å²) in [7, 11) is 2.00. The van der Waals surface area contributed by atoms with Crippen molar-refractivity contribution in [2.24, 2.45) is 5.41 Å². The first-order valence-corrected chi connectivity index (χ1v) is 9.97. The summed E-state index contributed by atoms with van der Waals surface area (Å²) in [5, 5.41) is 0. The molecule has 0 aliphatic heterocycles. The minimum absolute atomic E-state index is 0.0169. The number of ether oxygens (including phenoxy) is 1. The maximum absolute atomic E-state index is 11.5. The fraction of sp³-hybridized carbons (Fsp3) is 0.625. The average Bonchev–Trinajstić information content (AvgIpc) is 2.45. The van der Waals surface area contributed by atoms with Crippen molar-refractivity contribution >= 4 is 19.7 Å². The van der Waals surface area contributed by atoms with Crippen molar-refractivity contribution in [3.8, 4) is 0 Å². The van der Waals surface area contributed by atoms with Gasteiger partial charge in [0.15, 0.2) is 0 Å². The highest BCUT2D eigenvalue weighted by Gasteiger charge is 2.37.